The highest BCUT2D eigenvalue weighted by atomic mass is 16.5. The lowest BCUT2D eigenvalue weighted by atomic mass is 9.58. The number of aromatic nitrogens is 1. The average Bonchev–Trinajstić information content (AvgIpc) is 2.66. The summed E-state index contributed by atoms with van der Waals surface area (Å²) in [5.41, 5.74) is 2.02. The molecule has 4 fully saturated rings. The third-order valence-corrected chi connectivity index (χ3v) is 5.65. The molecule has 2 aliphatic carbocycles. The highest BCUT2D eigenvalue weighted by Gasteiger charge is 2.57. The SMILES string of the molecule is Cc1ccc(C#N)n1CC12CC3CC(CC(C)(C3)O1)C2. The maximum atomic E-state index is 9.28. The number of nitrogens with zero attached hydrogens (tertiary/aromatic N) is 2. The quantitative estimate of drug-likeness (QED) is 0.826. The summed E-state index contributed by atoms with van der Waals surface area (Å²) in [7, 11) is 0. The van der Waals surface area contributed by atoms with Crippen molar-refractivity contribution < 1.29 is 4.74 Å². The molecule has 1 aromatic rings. The fourth-order valence-electron chi connectivity index (χ4n) is 5.41. The average molecular weight is 270 g/mol. The Morgan fingerprint density at radius 3 is 2.60 bits per heavy atom. The van der Waals surface area contributed by atoms with E-state index in [2.05, 4.69) is 24.5 Å². The van der Waals surface area contributed by atoms with E-state index in [1.807, 2.05) is 12.1 Å². The van der Waals surface area contributed by atoms with Gasteiger partial charge in [-0.2, -0.15) is 5.26 Å². The molecule has 3 heteroatoms. The molecule has 1 aromatic heterocycles. The Morgan fingerprint density at radius 2 is 2.00 bits per heavy atom. The van der Waals surface area contributed by atoms with Crippen molar-refractivity contribution in [2.24, 2.45) is 11.8 Å². The predicted molar refractivity (Wildman–Crippen MR) is 76.2 cm³/mol. The Morgan fingerprint density at radius 1 is 1.30 bits per heavy atom. The van der Waals surface area contributed by atoms with E-state index in [9.17, 15) is 5.26 Å². The number of hydrogen-bond acceptors (Lipinski definition) is 2. The minimum Gasteiger partial charge on any atom is -0.367 e. The topological polar surface area (TPSA) is 38.0 Å². The van der Waals surface area contributed by atoms with Gasteiger partial charge >= 0.3 is 0 Å². The van der Waals surface area contributed by atoms with Crippen molar-refractivity contribution in [1.29, 1.82) is 5.26 Å². The van der Waals surface area contributed by atoms with Crippen LogP contribution < -0.4 is 0 Å². The zero-order chi connectivity index (χ0) is 14.0. The van der Waals surface area contributed by atoms with Crippen LogP contribution in [0.5, 0.6) is 0 Å². The second kappa shape index (κ2) is 3.89. The molecule has 20 heavy (non-hydrogen) atoms. The van der Waals surface area contributed by atoms with Gasteiger partial charge in [-0.1, -0.05) is 0 Å². The van der Waals surface area contributed by atoms with Crippen molar-refractivity contribution in [3.63, 3.8) is 0 Å². The first-order valence-corrected chi connectivity index (χ1v) is 7.77. The molecule has 0 N–H and O–H groups in total. The Hall–Kier alpha value is -1.27. The van der Waals surface area contributed by atoms with E-state index < -0.39 is 0 Å². The van der Waals surface area contributed by atoms with Crippen LogP contribution >= 0.6 is 0 Å². The number of rotatable bonds is 2. The minimum absolute atomic E-state index is 0.0196. The van der Waals surface area contributed by atoms with Gasteiger partial charge in [0, 0.05) is 5.69 Å². The summed E-state index contributed by atoms with van der Waals surface area (Å²) in [6, 6.07) is 6.29. The molecule has 5 rings (SSSR count). The summed E-state index contributed by atoms with van der Waals surface area (Å²) >= 11 is 0. The first-order valence-electron chi connectivity index (χ1n) is 7.77. The van der Waals surface area contributed by atoms with E-state index in [-0.39, 0.29) is 11.2 Å². The van der Waals surface area contributed by atoms with Crippen LogP contribution in [0.3, 0.4) is 0 Å². The monoisotopic (exact) mass is 270 g/mol. The maximum absolute atomic E-state index is 9.28. The Kier molecular flexibility index (Phi) is 2.42. The van der Waals surface area contributed by atoms with Crippen molar-refractivity contribution in [2.45, 2.75) is 63.7 Å². The molecule has 106 valence electrons. The smallest absolute Gasteiger partial charge is 0.120 e. The van der Waals surface area contributed by atoms with Crippen LogP contribution in [0.1, 0.15) is 50.4 Å². The molecule has 0 aromatic carbocycles. The molecular formula is C17H22N2O. The zero-order valence-electron chi connectivity index (χ0n) is 12.4. The van der Waals surface area contributed by atoms with Gasteiger partial charge < -0.3 is 9.30 Å². The molecule has 2 atom stereocenters. The highest BCUT2D eigenvalue weighted by molar-refractivity contribution is 5.27. The normalized spacial score (nSPS) is 41.9. The molecule has 3 nitrogen and oxygen atoms in total. The highest BCUT2D eigenvalue weighted by Crippen LogP contribution is 2.58. The maximum Gasteiger partial charge on any atom is 0.120 e. The van der Waals surface area contributed by atoms with Crippen molar-refractivity contribution in [3.05, 3.63) is 23.5 Å². The van der Waals surface area contributed by atoms with Gasteiger partial charge in [-0.25, -0.2) is 0 Å². The first kappa shape index (κ1) is 12.5. The molecule has 4 bridgehead atoms. The third-order valence-electron chi connectivity index (χ3n) is 5.65. The van der Waals surface area contributed by atoms with Crippen LogP contribution in [0, 0.1) is 30.1 Å². The van der Waals surface area contributed by atoms with Crippen molar-refractivity contribution in [1.82, 2.24) is 4.57 Å². The van der Waals surface area contributed by atoms with Crippen molar-refractivity contribution in [2.75, 3.05) is 0 Å². The largest absolute Gasteiger partial charge is 0.367 e. The van der Waals surface area contributed by atoms with Crippen molar-refractivity contribution >= 4 is 0 Å². The van der Waals surface area contributed by atoms with Crippen LogP contribution in [0.25, 0.3) is 0 Å². The molecule has 3 heterocycles. The lowest BCUT2D eigenvalue weighted by Crippen LogP contribution is -2.61. The van der Waals surface area contributed by atoms with Gasteiger partial charge in [0.15, 0.2) is 0 Å². The standard InChI is InChI=1S/C17H22N2O/c1-12-3-4-15(10-18)19(12)11-17-8-13-5-14(9-17)7-16(2,6-13)20-17/h3-4,13-14H,5-9,11H2,1-2H3. The number of aryl methyl sites for hydroxylation is 1. The molecule has 2 saturated heterocycles. The molecular weight excluding hydrogens is 248 g/mol. The van der Waals surface area contributed by atoms with E-state index in [0.717, 1.165) is 24.1 Å². The summed E-state index contributed by atoms with van der Waals surface area (Å²) in [6.07, 6.45) is 6.24. The lowest BCUT2D eigenvalue weighted by Gasteiger charge is -2.61. The molecule has 4 aliphatic rings. The molecule has 0 amide bonds. The second-order valence-corrected chi connectivity index (χ2v) is 7.58. The van der Waals surface area contributed by atoms with E-state index in [1.165, 1.54) is 37.8 Å². The summed E-state index contributed by atoms with van der Waals surface area (Å²) in [5.74, 6) is 1.67. The van der Waals surface area contributed by atoms with Gasteiger partial charge in [0.2, 0.25) is 0 Å². The van der Waals surface area contributed by atoms with E-state index in [4.69, 9.17) is 4.74 Å². The summed E-state index contributed by atoms with van der Waals surface area (Å²) in [4.78, 5) is 0. The third kappa shape index (κ3) is 1.74. The fraction of sp³-hybridized carbons (Fsp3) is 0.706. The number of ether oxygens (including phenoxy) is 1. The second-order valence-electron chi connectivity index (χ2n) is 7.58. The van der Waals surface area contributed by atoms with E-state index in [1.54, 1.807) is 0 Å². The molecule has 2 saturated carbocycles. The molecule has 0 spiro atoms. The van der Waals surface area contributed by atoms with Gasteiger partial charge in [-0.3, -0.25) is 0 Å². The van der Waals surface area contributed by atoms with Crippen molar-refractivity contribution in [3.8, 4) is 6.07 Å². The zero-order valence-corrected chi connectivity index (χ0v) is 12.4. The Balaban J connectivity index is 1.69. The van der Waals surface area contributed by atoms with Crippen LogP contribution in [0.15, 0.2) is 12.1 Å². The van der Waals surface area contributed by atoms with Gasteiger partial charge in [0.05, 0.1) is 17.7 Å². The lowest BCUT2D eigenvalue weighted by molar-refractivity contribution is -0.271. The van der Waals surface area contributed by atoms with Gasteiger partial charge in [-0.15, -0.1) is 0 Å². The van der Waals surface area contributed by atoms with Gasteiger partial charge in [0.1, 0.15) is 11.8 Å². The van der Waals surface area contributed by atoms with Gasteiger partial charge in [0.25, 0.3) is 0 Å². The predicted octanol–water partition coefficient (Wildman–Crippen LogP) is 3.41. The number of hydrogen-bond donors (Lipinski definition) is 0. The molecule has 2 aliphatic heterocycles. The molecule has 2 unspecified atom stereocenters. The van der Waals surface area contributed by atoms with Gasteiger partial charge in [-0.05, 0) is 69.9 Å². The Bertz CT molecular complexity index is 581. The molecule has 0 radical (unpaired) electrons. The van der Waals surface area contributed by atoms with Crippen LogP contribution in [0.2, 0.25) is 0 Å². The first-order chi connectivity index (χ1) is 9.51. The summed E-state index contributed by atoms with van der Waals surface area (Å²) in [5, 5.41) is 9.28. The minimum atomic E-state index is -0.0196. The van der Waals surface area contributed by atoms with Crippen LogP contribution in [-0.2, 0) is 11.3 Å². The number of nitriles is 1. The van der Waals surface area contributed by atoms with E-state index >= 15 is 0 Å². The fourth-order valence-corrected chi connectivity index (χ4v) is 5.41. The van der Waals surface area contributed by atoms with E-state index in [0.29, 0.717) is 0 Å². The summed E-state index contributed by atoms with van der Waals surface area (Å²) < 4.78 is 8.76. The Labute approximate surface area is 120 Å². The van der Waals surface area contributed by atoms with Crippen LogP contribution in [-0.4, -0.2) is 15.8 Å². The summed E-state index contributed by atoms with van der Waals surface area (Å²) in [6.45, 7) is 5.24. The van der Waals surface area contributed by atoms with Crippen LogP contribution in [0.4, 0.5) is 0 Å².